The van der Waals surface area contributed by atoms with Gasteiger partial charge in [0.2, 0.25) is 11.8 Å². The third kappa shape index (κ3) is 7.26. The van der Waals surface area contributed by atoms with Crippen LogP contribution in [0.1, 0.15) is 12.5 Å². The van der Waals surface area contributed by atoms with Gasteiger partial charge in [-0.05, 0) is 48.9 Å². The molecule has 0 aliphatic rings. The number of carbonyl (C=O) groups is 2. The van der Waals surface area contributed by atoms with E-state index in [4.69, 9.17) is 18.9 Å². The Morgan fingerprint density at radius 2 is 1.48 bits per heavy atom. The molecule has 1 atom stereocenters. The maximum atomic E-state index is 14.3. The van der Waals surface area contributed by atoms with E-state index in [2.05, 4.69) is 21.2 Å². The lowest BCUT2D eigenvalue weighted by Crippen LogP contribution is -2.50. The fourth-order valence-electron chi connectivity index (χ4n) is 4.19. The summed E-state index contributed by atoms with van der Waals surface area (Å²) in [5, 5.41) is 2.56. The van der Waals surface area contributed by atoms with Crippen molar-refractivity contribution in [2.45, 2.75) is 24.4 Å². The number of anilines is 1. The maximum absolute atomic E-state index is 14.3. The average molecular weight is 665 g/mol. The third-order valence-corrected chi connectivity index (χ3v) is 8.84. The lowest BCUT2D eigenvalue weighted by molar-refractivity contribution is -0.139. The highest BCUT2D eigenvalue weighted by Gasteiger charge is 2.34. The van der Waals surface area contributed by atoms with E-state index in [1.807, 2.05) is 24.3 Å². The molecule has 3 rings (SSSR count). The highest BCUT2D eigenvalue weighted by atomic mass is 79.9. The van der Waals surface area contributed by atoms with Crippen molar-refractivity contribution in [1.29, 1.82) is 0 Å². The Morgan fingerprint density at radius 1 is 0.857 bits per heavy atom. The number of likely N-dealkylation sites (N-methyl/N-ethyl adjacent to an activating group) is 1. The molecule has 0 bridgehead atoms. The van der Waals surface area contributed by atoms with Crippen LogP contribution in [-0.2, 0) is 26.2 Å². The zero-order valence-electron chi connectivity index (χ0n) is 24.2. The summed E-state index contributed by atoms with van der Waals surface area (Å²) < 4.78 is 51.7. The Labute approximate surface area is 254 Å². The van der Waals surface area contributed by atoms with Crippen LogP contribution in [0.3, 0.4) is 0 Å². The molecule has 13 heteroatoms. The lowest BCUT2D eigenvalue weighted by atomic mass is 10.1. The van der Waals surface area contributed by atoms with Crippen LogP contribution >= 0.6 is 15.9 Å². The molecule has 3 aromatic carbocycles. The molecule has 2 amide bonds. The second-order valence-electron chi connectivity index (χ2n) is 9.00. The van der Waals surface area contributed by atoms with Crippen molar-refractivity contribution in [1.82, 2.24) is 10.2 Å². The summed E-state index contributed by atoms with van der Waals surface area (Å²) in [4.78, 5) is 27.9. The molecule has 0 fully saturated rings. The standard InChI is InChI=1S/C29H34BrN3O8S/c1-19(29(35)31-2)32(17-20-7-9-21(30)10-8-20)28(34)18-33(24-15-22(38-3)11-13-25(24)39-4)42(36,37)23-12-14-26(40-5)27(16-23)41-6/h7-16,19H,17-18H2,1-6H3,(H,31,35). The summed E-state index contributed by atoms with van der Waals surface area (Å²) in [6, 6.07) is 15.1. The molecule has 0 radical (unpaired) electrons. The van der Waals surface area contributed by atoms with Crippen molar-refractivity contribution in [2.24, 2.45) is 0 Å². The molecule has 0 aromatic heterocycles. The largest absolute Gasteiger partial charge is 0.497 e. The van der Waals surface area contributed by atoms with Gasteiger partial charge in [-0.1, -0.05) is 28.1 Å². The van der Waals surface area contributed by atoms with Crippen LogP contribution < -0.4 is 28.6 Å². The van der Waals surface area contributed by atoms with E-state index in [0.717, 1.165) is 14.3 Å². The van der Waals surface area contributed by atoms with Gasteiger partial charge in [-0.3, -0.25) is 13.9 Å². The predicted octanol–water partition coefficient (Wildman–Crippen LogP) is 3.84. The van der Waals surface area contributed by atoms with E-state index in [0.29, 0.717) is 11.5 Å². The molecule has 0 saturated carbocycles. The summed E-state index contributed by atoms with van der Waals surface area (Å²) in [5.74, 6) is 0.0185. The number of hydrogen-bond donors (Lipinski definition) is 1. The van der Waals surface area contributed by atoms with Crippen molar-refractivity contribution in [3.63, 3.8) is 0 Å². The van der Waals surface area contributed by atoms with E-state index in [-0.39, 0.29) is 28.6 Å². The van der Waals surface area contributed by atoms with Crippen LogP contribution in [0.2, 0.25) is 0 Å². The highest BCUT2D eigenvalue weighted by Crippen LogP contribution is 2.37. The summed E-state index contributed by atoms with van der Waals surface area (Å²) in [6.45, 7) is 0.979. The number of halogens is 1. The Hall–Kier alpha value is -3.97. The van der Waals surface area contributed by atoms with Gasteiger partial charge in [-0.15, -0.1) is 0 Å². The van der Waals surface area contributed by atoms with Crippen LogP contribution in [0.4, 0.5) is 5.69 Å². The molecular formula is C29H34BrN3O8S. The Kier molecular flexibility index (Phi) is 11.1. The molecule has 0 aliphatic carbocycles. The third-order valence-electron chi connectivity index (χ3n) is 6.56. The topological polar surface area (TPSA) is 124 Å². The first-order chi connectivity index (χ1) is 20.0. The van der Waals surface area contributed by atoms with Crippen molar-refractivity contribution in [3.8, 4) is 23.0 Å². The van der Waals surface area contributed by atoms with Gasteiger partial charge < -0.3 is 29.2 Å². The molecular weight excluding hydrogens is 630 g/mol. The number of rotatable bonds is 13. The number of carbonyl (C=O) groups excluding carboxylic acids is 2. The van der Waals surface area contributed by atoms with E-state index >= 15 is 0 Å². The van der Waals surface area contributed by atoms with Crippen molar-refractivity contribution >= 4 is 43.5 Å². The van der Waals surface area contributed by atoms with Gasteiger partial charge in [0.25, 0.3) is 10.0 Å². The minimum atomic E-state index is -4.42. The fourth-order valence-corrected chi connectivity index (χ4v) is 5.88. The molecule has 11 nitrogen and oxygen atoms in total. The minimum Gasteiger partial charge on any atom is -0.497 e. The predicted molar refractivity (Wildman–Crippen MR) is 162 cm³/mol. The van der Waals surface area contributed by atoms with Crippen molar-refractivity contribution < 1.29 is 37.0 Å². The normalized spacial score (nSPS) is 11.7. The number of ether oxygens (including phenoxy) is 4. The van der Waals surface area contributed by atoms with Crippen molar-refractivity contribution in [2.75, 3.05) is 46.3 Å². The van der Waals surface area contributed by atoms with E-state index in [9.17, 15) is 18.0 Å². The SMILES string of the molecule is CNC(=O)C(C)N(Cc1ccc(Br)cc1)C(=O)CN(c1cc(OC)ccc1OC)S(=O)(=O)c1ccc(OC)c(OC)c1. The molecule has 0 heterocycles. The average Bonchev–Trinajstić information content (AvgIpc) is 3.01. The quantitative estimate of drug-likeness (QED) is 0.293. The number of benzene rings is 3. The van der Waals surface area contributed by atoms with Gasteiger partial charge >= 0.3 is 0 Å². The second kappa shape index (κ2) is 14.3. The number of methoxy groups -OCH3 is 4. The fraction of sp³-hybridized carbons (Fsp3) is 0.310. The van der Waals surface area contributed by atoms with Gasteiger partial charge in [-0.25, -0.2) is 8.42 Å². The van der Waals surface area contributed by atoms with Crippen LogP contribution in [0, 0.1) is 0 Å². The molecule has 0 saturated heterocycles. The summed E-state index contributed by atoms with van der Waals surface area (Å²) in [6.07, 6.45) is 0. The summed E-state index contributed by atoms with van der Waals surface area (Å²) in [7, 11) is 2.70. The van der Waals surface area contributed by atoms with E-state index < -0.39 is 34.4 Å². The Balaban J connectivity index is 2.17. The lowest BCUT2D eigenvalue weighted by Gasteiger charge is -2.32. The molecule has 0 aliphatic heterocycles. The van der Waals surface area contributed by atoms with Crippen LogP contribution in [-0.4, -0.2) is 73.2 Å². The summed E-state index contributed by atoms with van der Waals surface area (Å²) in [5.41, 5.74) is 0.812. The van der Waals surface area contributed by atoms with Gasteiger partial charge in [0.15, 0.2) is 11.5 Å². The van der Waals surface area contributed by atoms with Crippen LogP contribution in [0.25, 0.3) is 0 Å². The Bertz CT molecular complexity index is 1520. The molecule has 42 heavy (non-hydrogen) atoms. The number of sulfonamides is 1. The van der Waals surface area contributed by atoms with Gasteiger partial charge in [0.05, 0.1) is 39.0 Å². The zero-order chi connectivity index (χ0) is 31.0. The van der Waals surface area contributed by atoms with E-state index in [1.54, 1.807) is 19.1 Å². The number of nitrogens with zero attached hydrogens (tertiary/aromatic N) is 2. The number of amides is 2. The van der Waals surface area contributed by atoms with Gasteiger partial charge in [0.1, 0.15) is 24.1 Å². The first-order valence-electron chi connectivity index (χ1n) is 12.7. The first-order valence-corrected chi connectivity index (χ1v) is 15.0. The van der Waals surface area contributed by atoms with Gasteiger partial charge in [0, 0.05) is 30.2 Å². The monoisotopic (exact) mass is 663 g/mol. The smallest absolute Gasteiger partial charge is 0.265 e. The number of hydrogen-bond acceptors (Lipinski definition) is 8. The molecule has 0 spiro atoms. The summed E-state index contributed by atoms with van der Waals surface area (Å²) >= 11 is 3.39. The second-order valence-corrected chi connectivity index (χ2v) is 11.8. The molecule has 1 unspecified atom stereocenters. The first kappa shape index (κ1) is 32.5. The number of nitrogens with one attached hydrogen (secondary N) is 1. The van der Waals surface area contributed by atoms with E-state index in [1.165, 1.54) is 64.7 Å². The van der Waals surface area contributed by atoms with Crippen molar-refractivity contribution in [3.05, 3.63) is 70.7 Å². The molecule has 3 aromatic rings. The van der Waals surface area contributed by atoms with Crippen LogP contribution in [0.15, 0.2) is 70.0 Å². The maximum Gasteiger partial charge on any atom is 0.265 e. The van der Waals surface area contributed by atoms with Gasteiger partial charge in [-0.2, -0.15) is 0 Å². The Morgan fingerprint density at radius 3 is 2.05 bits per heavy atom. The highest BCUT2D eigenvalue weighted by molar-refractivity contribution is 9.10. The minimum absolute atomic E-state index is 0.0557. The molecule has 1 N–H and O–H groups in total. The van der Waals surface area contributed by atoms with Crippen LogP contribution in [0.5, 0.6) is 23.0 Å². The molecule has 226 valence electrons. The zero-order valence-corrected chi connectivity index (χ0v) is 26.6.